The number of carbonyl (C=O) groups is 2. The lowest BCUT2D eigenvalue weighted by Crippen LogP contribution is -2.35. The highest BCUT2D eigenvalue weighted by Crippen LogP contribution is 2.21. The summed E-state index contributed by atoms with van der Waals surface area (Å²) in [4.78, 5) is 23.3. The van der Waals surface area contributed by atoms with E-state index in [9.17, 15) is 9.59 Å². The Morgan fingerprint density at radius 2 is 2.29 bits per heavy atom. The van der Waals surface area contributed by atoms with E-state index in [1.54, 1.807) is 18.2 Å². The number of hydrogen-bond donors (Lipinski definition) is 3. The third kappa shape index (κ3) is 5.02. The van der Waals surface area contributed by atoms with Gasteiger partial charge in [0.2, 0.25) is 11.8 Å². The fourth-order valence-corrected chi connectivity index (χ4v) is 2.78. The summed E-state index contributed by atoms with van der Waals surface area (Å²) in [6.45, 7) is 0.955. The molecule has 2 rings (SSSR count). The van der Waals surface area contributed by atoms with E-state index in [-0.39, 0.29) is 18.4 Å². The molecule has 0 saturated carbocycles. The van der Waals surface area contributed by atoms with E-state index >= 15 is 0 Å². The molecule has 0 aromatic heterocycles. The van der Waals surface area contributed by atoms with Crippen molar-refractivity contribution in [2.24, 2.45) is 5.73 Å². The van der Waals surface area contributed by atoms with Gasteiger partial charge in [-0.2, -0.15) is 0 Å². The third-order valence-electron chi connectivity index (χ3n) is 3.59. The Morgan fingerprint density at radius 3 is 2.90 bits per heavy atom. The first kappa shape index (κ1) is 15.8. The van der Waals surface area contributed by atoms with Gasteiger partial charge in [-0.15, -0.1) is 0 Å². The lowest BCUT2D eigenvalue weighted by Gasteiger charge is -2.19. The fraction of sp³-hybridized carbons (Fsp3) is 0.467. The van der Waals surface area contributed by atoms with E-state index in [1.165, 1.54) is 0 Å². The van der Waals surface area contributed by atoms with E-state index < -0.39 is 11.9 Å². The standard InChI is InChI=1S/C15H20ClN3O2/c16-11-4-1-3-10(7-11)13(9-14(17)20)19-15(21)8-12-5-2-6-18-12/h1,3-4,7,12-13,18H,2,5-6,8-9H2,(H2,17,20)(H,19,21)/t12?,13-/m1/s1. The van der Waals surface area contributed by atoms with Gasteiger partial charge in [0.1, 0.15) is 0 Å². The molecular formula is C15H20ClN3O2. The summed E-state index contributed by atoms with van der Waals surface area (Å²) in [6.07, 6.45) is 2.57. The van der Waals surface area contributed by atoms with Gasteiger partial charge in [-0.3, -0.25) is 9.59 Å². The first-order chi connectivity index (χ1) is 10.0. The van der Waals surface area contributed by atoms with Crippen LogP contribution >= 0.6 is 11.6 Å². The number of nitrogens with two attached hydrogens (primary N) is 1. The number of nitrogens with one attached hydrogen (secondary N) is 2. The van der Waals surface area contributed by atoms with Crippen LogP contribution in [-0.2, 0) is 9.59 Å². The molecule has 1 heterocycles. The number of rotatable bonds is 6. The van der Waals surface area contributed by atoms with E-state index in [2.05, 4.69) is 10.6 Å². The summed E-state index contributed by atoms with van der Waals surface area (Å²) < 4.78 is 0. The topological polar surface area (TPSA) is 84.2 Å². The monoisotopic (exact) mass is 309 g/mol. The Labute approximate surface area is 129 Å². The van der Waals surface area contributed by atoms with Crippen LogP contribution in [0.4, 0.5) is 0 Å². The summed E-state index contributed by atoms with van der Waals surface area (Å²) in [6, 6.07) is 6.89. The molecule has 2 atom stereocenters. The average molecular weight is 310 g/mol. The minimum absolute atomic E-state index is 0.0597. The van der Waals surface area contributed by atoms with Crippen LogP contribution in [-0.4, -0.2) is 24.4 Å². The summed E-state index contributed by atoms with van der Waals surface area (Å²) in [5.74, 6) is -0.542. The second kappa shape index (κ2) is 7.43. The Balaban J connectivity index is 2.01. The van der Waals surface area contributed by atoms with E-state index in [0.29, 0.717) is 11.4 Å². The highest BCUT2D eigenvalue weighted by atomic mass is 35.5. The highest BCUT2D eigenvalue weighted by Gasteiger charge is 2.21. The first-order valence-corrected chi connectivity index (χ1v) is 7.49. The zero-order valence-electron chi connectivity index (χ0n) is 11.8. The van der Waals surface area contributed by atoms with Crippen LogP contribution in [0.15, 0.2) is 24.3 Å². The molecule has 0 aliphatic carbocycles. The van der Waals surface area contributed by atoms with Gasteiger partial charge < -0.3 is 16.4 Å². The van der Waals surface area contributed by atoms with Gasteiger partial charge in [0, 0.05) is 17.5 Å². The van der Waals surface area contributed by atoms with Crippen molar-refractivity contribution < 1.29 is 9.59 Å². The largest absolute Gasteiger partial charge is 0.370 e. The normalized spacial score (nSPS) is 19.2. The van der Waals surface area contributed by atoms with Crippen molar-refractivity contribution in [1.82, 2.24) is 10.6 Å². The molecule has 0 spiro atoms. The van der Waals surface area contributed by atoms with Crippen molar-refractivity contribution in [1.29, 1.82) is 0 Å². The molecule has 114 valence electrons. The Bertz CT molecular complexity index is 515. The van der Waals surface area contributed by atoms with E-state index in [0.717, 1.165) is 24.9 Å². The number of amides is 2. The van der Waals surface area contributed by atoms with Gasteiger partial charge in [0.15, 0.2) is 0 Å². The molecule has 5 nitrogen and oxygen atoms in total. The third-order valence-corrected chi connectivity index (χ3v) is 3.82. The molecule has 1 aromatic rings. The molecule has 1 aliphatic rings. The maximum absolute atomic E-state index is 12.1. The van der Waals surface area contributed by atoms with Crippen molar-refractivity contribution in [3.63, 3.8) is 0 Å². The molecule has 2 amide bonds. The zero-order chi connectivity index (χ0) is 15.2. The quantitative estimate of drug-likeness (QED) is 0.745. The van der Waals surface area contributed by atoms with Crippen molar-refractivity contribution in [2.45, 2.75) is 37.8 Å². The molecule has 1 aliphatic heterocycles. The van der Waals surface area contributed by atoms with Crippen LogP contribution in [0.25, 0.3) is 0 Å². The molecule has 6 heteroatoms. The fourth-order valence-electron chi connectivity index (χ4n) is 2.58. The lowest BCUT2D eigenvalue weighted by atomic mass is 10.0. The molecule has 1 aromatic carbocycles. The van der Waals surface area contributed by atoms with Gasteiger partial charge in [-0.05, 0) is 37.1 Å². The number of carbonyl (C=O) groups excluding carboxylic acids is 2. The van der Waals surface area contributed by atoms with Gasteiger partial charge in [-0.1, -0.05) is 23.7 Å². The summed E-state index contributed by atoms with van der Waals surface area (Å²) >= 11 is 5.96. The highest BCUT2D eigenvalue weighted by molar-refractivity contribution is 6.30. The van der Waals surface area contributed by atoms with E-state index in [1.807, 2.05) is 6.07 Å². The van der Waals surface area contributed by atoms with Crippen LogP contribution in [0.3, 0.4) is 0 Å². The molecule has 1 fully saturated rings. The summed E-state index contributed by atoms with van der Waals surface area (Å²) in [5.41, 5.74) is 6.06. The molecule has 1 saturated heterocycles. The minimum atomic E-state index is -0.459. The van der Waals surface area contributed by atoms with Gasteiger partial charge in [0.25, 0.3) is 0 Å². The minimum Gasteiger partial charge on any atom is -0.370 e. The van der Waals surface area contributed by atoms with Crippen LogP contribution in [0.5, 0.6) is 0 Å². The first-order valence-electron chi connectivity index (χ1n) is 7.11. The predicted octanol–water partition coefficient (Wildman–Crippen LogP) is 1.51. The molecule has 21 heavy (non-hydrogen) atoms. The average Bonchev–Trinajstić information content (AvgIpc) is 2.90. The SMILES string of the molecule is NC(=O)C[C@@H](NC(=O)CC1CCCN1)c1cccc(Cl)c1. The maximum atomic E-state index is 12.1. The Hall–Kier alpha value is -1.59. The van der Waals surface area contributed by atoms with Gasteiger partial charge in [-0.25, -0.2) is 0 Å². The number of primary amides is 1. The van der Waals surface area contributed by atoms with Crippen LogP contribution in [0, 0.1) is 0 Å². The van der Waals surface area contributed by atoms with Crippen molar-refractivity contribution in [3.8, 4) is 0 Å². The Kier molecular flexibility index (Phi) is 5.59. The van der Waals surface area contributed by atoms with Crippen LogP contribution in [0.1, 0.15) is 37.3 Å². The second-order valence-corrected chi connectivity index (χ2v) is 5.78. The summed E-state index contributed by atoms with van der Waals surface area (Å²) in [5, 5.41) is 6.72. The Morgan fingerprint density at radius 1 is 1.48 bits per heavy atom. The predicted molar refractivity (Wildman–Crippen MR) is 81.8 cm³/mol. The smallest absolute Gasteiger partial charge is 0.222 e. The molecule has 0 radical (unpaired) electrons. The molecule has 4 N–H and O–H groups in total. The molecule has 0 bridgehead atoms. The van der Waals surface area contributed by atoms with Crippen LogP contribution < -0.4 is 16.4 Å². The number of benzene rings is 1. The van der Waals surface area contributed by atoms with Crippen molar-refractivity contribution in [3.05, 3.63) is 34.9 Å². The number of hydrogen-bond acceptors (Lipinski definition) is 3. The second-order valence-electron chi connectivity index (χ2n) is 5.34. The zero-order valence-corrected chi connectivity index (χ0v) is 12.5. The van der Waals surface area contributed by atoms with Crippen LogP contribution in [0.2, 0.25) is 5.02 Å². The molecule has 1 unspecified atom stereocenters. The maximum Gasteiger partial charge on any atom is 0.222 e. The van der Waals surface area contributed by atoms with Gasteiger partial charge in [0.05, 0.1) is 12.5 Å². The van der Waals surface area contributed by atoms with Crippen molar-refractivity contribution in [2.75, 3.05) is 6.54 Å². The summed E-state index contributed by atoms with van der Waals surface area (Å²) in [7, 11) is 0. The molecular weight excluding hydrogens is 290 g/mol. The van der Waals surface area contributed by atoms with Crippen molar-refractivity contribution >= 4 is 23.4 Å². The lowest BCUT2D eigenvalue weighted by molar-refractivity contribution is -0.123. The van der Waals surface area contributed by atoms with Gasteiger partial charge >= 0.3 is 0 Å². The van der Waals surface area contributed by atoms with E-state index in [4.69, 9.17) is 17.3 Å². The number of halogens is 1.